The van der Waals surface area contributed by atoms with E-state index >= 15 is 0 Å². The molecule has 0 bridgehead atoms. The molecule has 2 unspecified atom stereocenters. The van der Waals surface area contributed by atoms with Gasteiger partial charge >= 0.3 is 0 Å². The molecule has 0 saturated carbocycles. The Hall–Kier alpha value is -0.870. The Bertz CT molecular complexity index is 569. The van der Waals surface area contributed by atoms with Crippen LogP contribution in [0.3, 0.4) is 0 Å². The number of hydrogen-bond donors (Lipinski definition) is 1. The summed E-state index contributed by atoms with van der Waals surface area (Å²) in [7, 11) is -2.84. The van der Waals surface area contributed by atoms with Gasteiger partial charge in [-0.15, -0.1) is 0 Å². The van der Waals surface area contributed by atoms with Gasteiger partial charge < -0.3 is 5.32 Å². The Morgan fingerprint density at radius 1 is 1.25 bits per heavy atom. The predicted octanol–water partition coefficient (Wildman–Crippen LogP) is 2.70. The van der Waals surface area contributed by atoms with Crippen LogP contribution in [-0.2, 0) is 9.84 Å². The lowest BCUT2D eigenvalue weighted by atomic mass is 9.86. The molecule has 1 heterocycles. The minimum atomic E-state index is -2.84. The Morgan fingerprint density at radius 2 is 1.85 bits per heavy atom. The monoisotopic (exact) mass is 295 g/mol. The van der Waals surface area contributed by atoms with Gasteiger partial charge in [-0.05, 0) is 56.3 Å². The van der Waals surface area contributed by atoms with Crippen LogP contribution in [-0.4, -0.2) is 26.5 Å². The molecule has 0 aromatic heterocycles. The summed E-state index contributed by atoms with van der Waals surface area (Å²) < 4.78 is 23.6. The molecule has 0 spiro atoms. The molecule has 0 amide bonds. The van der Waals surface area contributed by atoms with E-state index in [0.717, 1.165) is 13.0 Å². The number of benzene rings is 1. The fourth-order valence-corrected chi connectivity index (χ4v) is 5.33. The van der Waals surface area contributed by atoms with Crippen molar-refractivity contribution >= 4 is 9.84 Å². The summed E-state index contributed by atoms with van der Waals surface area (Å²) >= 11 is 0. The molecule has 2 rings (SSSR count). The van der Waals surface area contributed by atoms with Crippen LogP contribution >= 0.6 is 0 Å². The minimum absolute atomic E-state index is 0.151. The second-order valence-corrected chi connectivity index (χ2v) is 8.24. The van der Waals surface area contributed by atoms with E-state index in [1.165, 1.54) is 22.3 Å². The number of aryl methyl sites for hydroxylation is 3. The molecule has 20 heavy (non-hydrogen) atoms. The molecule has 1 aliphatic rings. The van der Waals surface area contributed by atoms with Crippen LogP contribution in [0.5, 0.6) is 0 Å². The van der Waals surface area contributed by atoms with Crippen LogP contribution in [0, 0.1) is 26.7 Å². The fourth-order valence-electron chi connectivity index (χ4n) is 3.49. The van der Waals surface area contributed by atoms with Gasteiger partial charge in [0, 0.05) is 6.04 Å². The molecule has 4 heteroatoms. The number of sulfone groups is 1. The summed E-state index contributed by atoms with van der Waals surface area (Å²) in [6, 6.07) is 4.53. The standard InChI is InChI=1S/C16H25NO2S/c1-5-17-16(14-6-7-20(18,19)10-14)15-12(3)8-11(2)9-13(15)4/h8-9,14,16-17H,5-7,10H2,1-4H3. The largest absolute Gasteiger partial charge is 0.310 e. The number of hydrogen-bond acceptors (Lipinski definition) is 3. The van der Waals surface area contributed by atoms with Crippen LogP contribution in [0.15, 0.2) is 12.1 Å². The van der Waals surface area contributed by atoms with Crippen LogP contribution in [0.2, 0.25) is 0 Å². The predicted molar refractivity (Wildman–Crippen MR) is 83.8 cm³/mol. The van der Waals surface area contributed by atoms with E-state index in [1.807, 2.05) is 0 Å². The van der Waals surface area contributed by atoms with Crippen molar-refractivity contribution in [2.45, 2.75) is 40.2 Å². The van der Waals surface area contributed by atoms with Crippen molar-refractivity contribution in [3.63, 3.8) is 0 Å². The third-order valence-electron chi connectivity index (χ3n) is 4.21. The second kappa shape index (κ2) is 5.86. The van der Waals surface area contributed by atoms with Crippen molar-refractivity contribution in [3.8, 4) is 0 Å². The molecule has 0 radical (unpaired) electrons. The van der Waals surface area contributed by atoms with Gasteiger partial charge in [0.2, 0.25) is 0 Å². The summed E-state index contributed by atoms with van der Waals surface area (Å²) in [5.74, 6) is 0.848. The topological polar surface area (TPSA) is 46.2 Å². The number of nitrogens with one attached hydrogen (secondary N) is 1. The molecule has 1 aromatic carbocycles. The highest BCUT2D eigenvalue weighted by Gasteiger charge is 2.35. The van der Waals surface area contributed by atoms with E-state index in [9.17, 15) is 8.42 Å². The lowest BCUT2D eigenvalue weighted by Crippen LogP contribution is -2.30. The molecule has 1 aromatic rings. The smallest absolute Gasteiger partial charge is 0.150 e. The fraction of sp³-hybridized carbons (Fsp3) is 0.625. The first-order valence-electron chi connectivity index (χ1n) is 7.35. The zero-order valence-corrected chi connectivity index (χ0v) is 13.7. The van der Waals surface area contributed by atoms with E-state index in [4.69, 9.17) is 0 Å². The normalized spacial score (nSPS) is 22.9. The third kappa shape index (κ3) is 3.23. The quantitative estimate of drug-likeness (QED) is 0.929. The van der Waals surface area contributed by atoms with Gasteiger partial charge in [0.25, 0.3) is 0 Å². The second-order valence-electron chi connectivity index (χ2n) is 6.01. The molecule has 1 saturated heterocycles. The van der Waals surface area contributed by atoms with Gasteiger partial charge in [-0.25, -0.2) is 8.42 Å². The van der Waals surface area contributed by atoms with Crippen molar-refractivity contribution in [1.82, 2.24) is 5.32 Å². The third-order valence-corrected chi connectivity index (χ3v) is 6.01. The van der Waals surface area contributed by atoms with Gasteiger partial charge in [0.1, 0.15) is 0 Å². The van der Waals surface area contributed by atoms with Gasteiger partial charge in [-0.2, -0.15) is 0 Å². The van der Waals surface area contributed by atoms with Gasteiger partial charge in [0.05, 0.1) is 11.5 Å². The molecular formula is C16H25NO2S. The average Bonchev–Trinajstić information content (AvgIpc) is 2.67. The highest BCUT2D eigenvalue weighted by Crippen LogP contribution is 2.35. The van der Waals surface area contributed by atoms with E-state index in [0.29, 0.717) is 11.5 Å². The molecule has 3 nitrogen and oxygen atoms in total. The Morgan fingerprint density at radius 3 is 2.30 bits per heavy atom. The molecule has 0 aliphatic carbocycles. The first-order chi connectivity index (χ1) is 9.34. The Labute approximate surface area is 122 Å². The van der Waals surface area contributed by atoms with Crippen molar-refractivity contribution in [3.05, 3.63) is 34.4 Å². The van der Waals surface area contributed by atoms with Crippen LogP contribution in [0.25, 0.3) is 0 Å². The van der Waals surface area contributed by atoms with E-state index in [1.54, 1.807) is 0 Å². The number of rotatable bonds is 4. The molecule has 112 valence electrons. The van der Waals surface area contributed by atoms with E-state index < -0.39 is 9.84 Å². The summed E-state index contributed by atoms with van der Waals surface area (Å²) in [4.78, 5) is 0. The maximum Gasteiger partial charge on any atom is 0.150 e. The summed E-state index contributed by atoms with van der Waals surface area (Å²) in [5, 5.41) is 3.52. The van der Waals surface area contributed by atoms with E-state index in [-0.39, 0.29) is 12.0 Å². The lowest BCUT2D eigenvalue weighted by molar-refractivity contribution is 0.397. The Kier molecular flexibility index (Phi) is 4.55. The lowest BCUT2D eigenvalue weighted by Gasteiger charge is -2.27. The van der Waals surface area contributed by atoms with Gasteiger partial charge in [0.15, 0.2) is 9.84 Å². The molecular weight excluding hydrogens is 270 g/mol. The first kappa shape index (κ1) is 15.5. The van der Waals surface area contributed by atoms with Crippen molar-refractivity contribution < 1.29 is 8.42 Å². The first-order valence-corrected chi connectivity index (χ1v) is 9.17. The van der Waals surface area contributed by atoms with Crippen molar-refractivity contribution in [1.29, 1.82) is 0 Å². The molecule has 1 fully saturated rings. The van der Waals surface area contributed by atoms with E-state index in [2.05, 4.69) is 45.1 Å². The maximum atomic E-state index is 11.8. The van der Waals surface area contributed by atoms with Gasteiger partial charge in [-0.1, -0.05) is 24.6 Å². The zero-order chi connectivity index (χ0) is 14.9. The molecule has 2 atom stereocenters. The van der Waals surface area contributed by atoms with Crippen LogP contribution in [0.4, 0.5) is 0 Å². The van der Waals surface area contributed by atoms with Crippen LogP contribution in [0.1, 0.15) is 41.6 Å². The van der Waals surface area contributed by atoms with Crippen LogP contribution < -0.4 is 5.32 Å². The molecule has 1 N–H and O–H groups in total. The zero-order valence-electron chi connectivity index (χ0n) is 12.9. The highest BCUT2D eigenvalue weighted by atomic mass is 32.2. The summed E-state index contributed by atoms with van der Waals surface area (Å²) in [5.41, 5.74) is 5.08. The highest BCUT2D eigenvalue weighted by molar-refractivity contribution is 7.91. The summed E-state index contributed by atoms with van der Waals surface area (Å²) in [6.07, 6.45) is 0.771. The molecule has 1 aliphatic heterocycles. The average molecular weight is 295 g/mol. The summed E-state index contributed by atoms with van der Waals surface area (Å²) in [6.45, 7) is 9.29. The SMILES string of the molecule is CCNC(c1c(C)cc(C)cc1C)C1CCS(=O)(=O)C1. The Balaban J connectivity index is 2.39. The van der Waals surface area contributed by atoms with Gasteiger partial charge in [-0.3, -0.25) is 0 Å². The minimum Gasteiger partial charge on any atom is -0.310 e. The van der Waals surface area contributed by atoms with Crippen molar-refractivity contribution in [2.24, 2.45) is 5.92 Å². The maximum absolute atomic E-state index is 11.8. The van der Waals surface area contributed by atoms with Crippen molar-refractivity contribution in [2.75, 3.05) is 18.1 Å².